The third kappa shape index (κ3) is 2.73. The van der Waals surface area contributed by atoms with E-state index in [9.17, 15) is 9.59 Å². The summed E-state index contributed by atoms with van der Waals surface area (Å²) in [5.41, 5.74) is 2.13. The van der Waals surface area contributed by atoms with Gasteiger partial charge in [0.05, 0.1) is 17.6 Å². The van der Waals surface area contributed by atoms with Gasteiger partial charge in [0.1, 0.15) is 5.56 Å². The number of allylic oxidation sites excluding steroid dienone is 2. The number of rotatable bonds is 4. The fourth-order valence-electron chi connectivity index (χ4n) is 3.91. The minimum Gasteiger partial charge on any atom is -0.478 e. The summed E-state index contributed by atoms with van der Waals surface area (Å²) in [5, 5.41) is 16.3. The van der Waals surface area contributed by atoms with E-state index in [1.165, 1.54) is 6.20 Å². The molecule has 2 aliphatic rings. The van der Waals surface area contributed by atoms with E-state index in [1.807, 2.05) is 24.3 Å². The summed E-state index contributed by atoms with van der Waals surface area (Å²) in [5.74, 6) is 0.00610. The van der Waals surface area contributed by atoms with E-state index in [-0.39, 0.29) is 17.4 Å². The van der Waals surface area contributed by atoms with Gasteiger partial charge in [-0.05, 0) is 49.8 Å². The Balaban J connectivity index is 1.55. The van der Waals surface area contributed by atoms with Crippen molar-refractivity contribution in [3.05, 3.63) is 53.9 Å². The molecule has 3 atom stereocenters. The number of benzene rings is 1. The highest BCUT2D eigenvalue weighted by Gasteiger charge is 2.39. The molecule has 1 heterocycles. The van der Waals surface area contributed by atoms with Gasteiger partial charge in [-0.15, -0.1) is 0 Å². The van der Waals surface area contributed by atoms with Gasteiger partial charge in [0, 0.05) is 11.6 Å². The van der Waals surface area contributed by atoms with Gasteiger partial charge < -0.3 is 10.4 Å². The van der Waals surface area contributed by atoms with Crippen molar-refractivity contribution in [3.8, 4) is 5.69 Å². The van der Waals surface area contributed by atoms with Gasteiger partial charge in [0.15, 0.2) is 0 Å². The molecule has 0 saturated heterocycles. The lowest BCUT2D eigenvalue weighted by atomic mass is 9.93. The van der Waals surface area contributed by atoms with E-state index in [4.69, 9.17) is 5.11 Å². The molecule has 1 saturated carbocycles. The molecule has 2 aliphatic carbocycles. The minimum absolute atomic E-state index is 0.0451. The predicted molar refractivity (Wildman–Crippen MR) is 92.7 cm³/mol. The summed E-state index contributed by atoms with van der Waals surface area (Å²) in [4.78, 5) is 23.7. The molecule has 1 aromatic carbocycles. The molecule has 0 radical (unpaired) electrons. The van der Waals surface area contributed by atoms with Crippen LogP contribution in [0.4, 0.5) is 5.69 Å². The Hall–Kier alpha value is -2.89. The van der Waals surface area contributed by atoms with Gasteiger partial charge in [-0.1, -0.05) is 18.2 Å². The second kappa shape index (κ2) is 5.88. The lowest BCUT2D eigenvalue weighted by molar-refractivity contribution is -0.120. The molecule has 0 spiro atoms. The highest BCUT2D eigenvalue weighted by atomic mass is 16.4. The van der Waals surface area contributed by atoms with Crippen LogP contribution in [-0.2, 0) is 4.79 Å². The fourth-order valence-corrected chi connectivity index (χ4v) is 3.91. The summed E-state index contributed by atoms with van der Waals surface area (Å²) in [6, 6.07) is 7.31. The number of hydrogen-bond acceptors (Lipinski definition) is 3. The van der Waals surface area contributed by atoms with Crippen LogP contribution in [-0.4, -0.2) is 26.8 Å². The number of aromatic nitrogens is 2. The molecule has 128 valence electrons. The molecule has 6 heteroatoms. The first-order valence-electron chi connectivity index (χ1n) is 8.40. The Bertz CT molecular complexity index is 884. The molecular weight excluding hydrogens is 318 g/mol. The largest absolute Gasteiger partial charge is 0.478 e. The number of nitrogens with zero attached hydrogens (tertiary/aromatic N) is 2. The number of carboxylic acid groups (broad SMARTS) is 1. The quantitative estimate of drug-likeness (QED) is 0.840. The molecule has 25 heavy (non-hydrogen) atoms. The average Bonchev–Trinajstić information content (AvgIpc) is 3.30. The van der Waals surface area contributed by atoms with Gasteiger partial charge in [-0.25, -0.2) is 9.48 Å². The van der Waals surface area contributed by atoms with E-state index < -0.39 is 5.97 Å². The second-order valence-corrected chi connectivity index (χ2v) is 6.79. The van der Waals surface area contributed by atoms with Crippen LogP contribution in [0.3, 0.4) is 0 Å². The van der Waals surface area contributed by atoms with Crippen molar-refractivity contribution in [1.82, 2.24) is 9.78 Å². The standard InChI is InChI=1S/C19H19N3O3/c1-11-17(19(24)25)10-20-22(11)15-4-2-3-14(9-15)21-18(23)16-8-12-5-6-13(16)7-12/h2-6,9-10,12-13,16H,7-8H2,1H3,(H,21,23)(H,24,25). The number of fused-ring (bicyclic) bond motifs is 2. The van der Waals surface area contributed by atoms with Crippen molar-refractivity contribution >= 4 is 17.6 Å². The number of amides is 1. The average molecular weight is 337 g/mol. The minimum atomic E-state index is -1.00. The molecule has 2 bridgehead atoms. The third-order valence-electron chi connectivity index (χ3n) is 5.21. The number of anilines is 1. The van der Waals surface area contributed by atoms with Gasteiger partial charge >= 0.3 is 5.97 Å². The zero-order valence-corrected chi connectivity index (χ0v) is 13.8. The van der Waals surface area contributed by atoms with Crippen LogP contribution in [0.5, 0.6) is 0 Å². The number of carbonyl (C=O) groups excluding carboxylic acids is 1. The van der Waals surface area contributed by atoms with Crippen LogP contribution in [0.15, 0.2) is 42.6 Å². The molecule has 0 aliphatic heterocycles. The third-order valence-corrected chi connectivity index (χ3v) is 5.21. The van der Waals surface area contributed by atoms with Crippen LogP contribution in [0.25, 0.3) is 5.69 Å². The predicted octanol–water partition coefficient (Wildman–Crippen LogP) is 3.03. The highest BCUT2D eigenvalue weighted by molar-refractivity contribution is 5.93. The smallest absolute Gasteiger partial charge is 0.339 e. The number of nitrogens with one attached hydrogen (secondary N) is 1. The van der Waals surface area contributed by atoms with Crippen molar-refractivity contribution < 1.29 is 14.7 Å². The SMILES string of the molecule is Cc1c(C(=O)O)cnn1-c1cccc(NC(=O)C2CC3C=CC2C3)c1. The number of aromatic carboxylic acids is 1. The van der Waals surface area contributed by atoms with Gasteiger partial charge in [-0.3, -0.25) is 4.79 Å². The van der Waals surface area contributed by atoms with Crippen LogP contribution in [0.2, 0.25) is 0 Å². The molecule has 3 unspecified atom stereocenters. The number of hydrogen-bond donors (Lipinski definition) is 2. The lowest BCUT2D eigenvalue weighted by Gasteiger charge is -2.18. The van der Waals surface area contributed by atoms with E-state index in [1.54, 1.807) is 11.6 Å². The number of carboxylic acids is 1. The maximum absolute atomic E-state index is 12.6. The van der Waals surface area contributed by atoms with E-state index in [2.05, 4.69) is 22.6 Å². The maximum atomic E-state index is 12.6. The molecule has 6 nitrogen and oxygen atoms in total. The Labute approximate surface area is 145 Å². The Morgan fingerprint density at radius 2 is 2.12 bits per heavy atom. The van der Waals surface area contributed by atoms with Crippen molar-refractivity contribution in [1.29, 1.82) is 0 Å². The maximum Gasteiger partial charge on any atom is 0.339 e. The van der Waals surface area contributed by atoms with Gasteiger partial charge in [0.2, 0.25) is 5.91 Å². The molecule has 1 amide bonds. The fraction of sp³-hybridized carbons (Fsp3) is 0.316. The van der Waals surface area contributed by atoms with E-state index in [0.29, 0.717) is 23.2 Å². The van der Waals surface area contributed by atoms with Crippen LogP contribution in [0, 0.1) is 24.7 Å². The van der Waals surface area contributed by atoms with Crippen molar-refractivity contribution in [2.24, 2.45) is 17.8 Å². The van der Waals surface area contributed by atoms with Crippen LogP contribution in [0.1, 0.15) is 28.9 Å². The normalized spacial score (nSPS) is 23.8. The number of carbonyl (C=O) groups is 2. The van der Waals surface area contributed by atoms with E-state index in [0.717, 1.165) is 18.5 Å². The highest BCUT2D eigenvalue weighted by Crippen LogP contribution is 2.43. The van der Waals surface area contributed by atoms with Gasteiger partial charge in [-0.2, -0.15) is 5.10 Å². The molecule has 2 aromatic rings. The first-order chi connectivity index (χ1) is 12.0. The van der Waals surface area contributed by atoms with Crippen LogP contribution >= 0.6 is 0 Å². The van der Waals surface area contributed by atoms with Crippen molar-refractivity contribution in [3.63, 3.8) is 0 Å². The first-order valence-corrected chi connectivity index (χ1v) is 8.40. The lowest BCUT2D eigenvalue weighted by Crippen LogP contribution is -2.25. The summed E-state index contributed by atoms with van der Waals surface area (Å²) < 4.78 is 1.57. The van der Waals surface area contributed by atoms with E-state index >= 15 is 0 Å². The zero-order chi connectivity index (χ0) is 17.6. The first kappa shape index (κ1) is 15.6. The second-order valence-electron chi connectivity index (χ2n) is 6.79. The van der Waals surface area contributed by atoms with Crippen molar-refractivity contribution in [2.75, 3.05) is 5.32 Å². The van der Waals surface area contributed by atoms with Crippen molar-refractivity contribution in [2.45, 2.75) is 19.8 Å². The monoisotopic (exact) mass is 337 g/mol. The topological polar surface area (TPSA) is 84.2 Å². The molecular formula is C19H19N3O3. The molecule has 2 N–H and O–H groups in total. The molecule has 4 rings (SSSR count). The zero-order valence-electron chi connectivity index (χ0n) is 13.8. The van der Waals surface area contributed by atoms with Gasteiger partial charge in [0.25, 0.3) is 0 Å². The Morgan fingerprint density at radius 1 is 1.28 bits per heavy atom. The summed E-state index contributed by atoms with van der Waals surface area (Å²) >= 11 is 0. The summed E-state index contributed by atoms with van der Waals surface area (Å²) in [6.07, 6.45) is 7.73. The molecule has 1 aromatic heterocycles. The Morgan fingerprint density at radius 3 is 2.76 bits per heavy atom. The summed E-state index contributed by atoms with van der Waals surface area (Å²) in [6.45, 7) is 1.71. The van der Waals surface area contributed by atoms with Crippen LogP contribution < -0.4 is 5.32 Å². The summed E-state index contributed by atoms with van der Waals surface area (Å²) in [7, 11) is 0. The molecule has 1 fully saturated rings. The Kier molecular flexibility index (Phi) is 3.67.